The van der Waals surface area contributed by atoms with E-state index in [-0.39, 0.29) is 5.56 Å². The molecule has 0 aliphatic carbocycles. The second kappa shape index (κ2) is 5.70. The molecule has 0 N–H and O–H groups in total. The van der Waals surface area contributed by atoms with Crippen LogP contribution in [0.25, 0.3) is 5.70 Å². The highest BCUT2D eigenvalue weighted by molar-refractivity contribution is 9.10. The number of aromatic nitrogens is 1. The van der Waals surface area contributed by atoms with Crippen molar-refractivity contribution in [2.75, 3.05) is 0 Å². The Morgan fingerprint density at radius 2 is 2.00 bits per heavy atom. The van der Waals surface area contributed by atoms with Crippen LogP contribution in [0.3, 0.4) is 0 Å². The summed E-state index contributed by atoms with van der Waals surface area (Å²) in [6, 6.07) is 9.43. The van der Waals surface area contributed by atoms with Gasteiger partial charge in [0.15, 0.2) is 0 Å². The topological polar surface area (TPSA) is 31.2 Å². The zero-order valence-corrected chi connectivity index (χ0v) is 15.4. The first-order valence-electron chi connectivity index (χ1n) is 6.89. The summed E-state index contributed by atoms with van der Waals surface area (Å²) in [4.78, 5) is 12.5. The molecule has 5 heteroatoms. The minimum absolute atomic E-state index is 0.0492. The van der Waals surface area contributed by atoms with E-state index in [9.17, 15) is 4.79 Å². The molecule has 2 heterocycles. The van der Waals surface area contributed by atoms with Crippen LogP contribution in [0.2, 0.25) is 0 Å². The van der Waals surface area contributed by atoms with Gasteiger partial charge in [-0.3, -0.25) is 9.36 Å². The Balaban J connectivity index is 2.22. The van der Waals surface area contributed by atoms with Crippen LogP contribution in [-0.2, 0) is 5.33 Å². The first-order chi connectivity index (χ1) is 10.4. The number of pyridine rings is 1. The molecule has 2 aromatic rings. The van der Waals surface area contributed by atoms with Gasteiger partial charge < -0.3 is 4.74 Å². The summed E-state index contributed by atoms with van der Waals surface area (Å²) in [7, 11) is 0. The van der Waals surface area contributed by atoms with Crippen molar-refractivity contribution >= 4 is 37.6 Å². The summed E-state index contributed by atoms with van der Waals surface area (Å²) >= 11 is 6.86. The lowest BCUT2D eigenvalue weighted by molar-refractivity contribution is 0.157. The summed E-state index contributed by atoms with van der Waals surface area (Å²) in [6.45, 7) is 3.96. The van der Waals surface area contributed by atoms with Crippen LogP contribution >= 0.6 is 31.9 Å². The summed E-state index contributed by atoms with van der Waals surface area (Å²) in [6.07, 6.45) is 3.80. The van der Waals surface area contributed by atoms with Crippen molar-refractivity contribution in [1.29, 1.82) is 0 Å². The third-order valence-corrected chi connectivity index (χ3v) is 4.61. The number of alkyl halides is 1. The predicted molar refractivity (Wildman–Crippen MR) is 95.6 cm³/mol. The average molecular weight is 425 g/mol. The van der Waals surface area contributed by atoms with Crippen molar-refractivity contribution in [3.8, 4) is 5.75 Å². The highest BCUT2D eigenvalue weighted by atomic mass is 79.9. The van der Waals surface area contributed by atoms with Gasteiger partial charge in [-0.1, -0.05) is 31.9 Å². The second-order valence-electron chi connectivity index (χ2n) is 5.75. The Hall–Kier alpha value is -1.33. The van der Waals surface area contributed by atoms with Crippen molar-refractivity contribution in [2.45, 2.75) is 24.8 Å². The third-order valence-electron chi connectivity index (χ3n) is 3.47. The van der Waals surface area contributed by atoms with Crippen molar-refractivity contribution in [1.82, 2.24) is 4.57 Å². The predicted octanol–water partition coefficient (Wildman–Crippen LogP) is 4.57. The number of rotatable bonds is 2. The van der Waals surface area contributed by atoms with Gasteiger partial charge in [-0.15, -0.1) is 0 Å². The molecule has 1 aromatic heterocycles. The van der Waals surface area contributed by atoms with E-state index in [1.807, 2.05) is 50.4 Å². The summed E-state index contributed by atoms with van der Waals surface area (Å²) in [5.74, 6) is 0.780. The summed E-state index contributed by atoms with van der Waals surface area (Å²) in [5, 5.41) is 0.666. The summed E-state index contributed by atoms with van der Waals surface area (Å²) in [5.41, 5.74) is 2.19. The molecule has 0 spiro atoms. The number of halogens is 2. The molecule has 0 unspecified atom stereocenters. The SMILES string of the molecule is CC1(C)C=C(n2ccc(CBr)cc2=O)c2cc(Br)ccc2O1. The molecule has 0 fully saturated rings. The fourth-order valence-corrected chi connectivity index (χ4v) is 3.22. The maximum Gasteiger partial charge on any atom is 0.255 e. The third kappa shape index (κ3) is 2.92. The molecule has 0 amide bonds. The monoisotopic (exact) mass is 423 g/mol. The Morgan fingerprint density at radius 1 is 1.23 bits per heavy atom. The van der Waals surface area contributed by atoms with Crippen molar-refractivity contribution in [2.24, 2.45) is 0 Å². The Labute approximate surface area is 145 Å². The molecule has 3 rings (SSSR count). The standard InChI is InChI=1S/C17H15Br2NO2/c1-17(2)9-14(13-8-12(19)3-4-15(13)22-17)20-6-5-11(10-18)7-16(20)21/h3-9H,10H2,1-2H3. The molecule has 0 saturated heterocycles. The number of fused-ring (bicyclic) bond motifs is 1. The number of benzene rings is 1. The van der Waals surface area contributed by atoms with Crippen LogP contribution in [0.4, 0.5) is 0 Å². The molecule has 114 valence electrons. The van der Waals surface area contributed by atoms with Crippen molar-refractivity contribution in [3.63, 3.8) is 0 Å². The number of hydrogen-bond acceptors (Lipinski definition) is 2. The molecular weight excluding hydrogens is 410 g/mol. The zero-order valence-electron chi connectivity index (χ0n) is 12.3. The molecule has 1 aromatic carbocycles. The molecule has 0 saturated carbocycles. The first kappa shape index (κ1) is 15.6. The van der Waals surface area contributed by atoms with Crippen molar-refractivity contribution < 1.29 is 4.74 Å². The Morgan fingerprint density at radius 3 is 2.68 bits per heavy atom. The van der Waals surface area contributed by atoms with E-state index in [4.69, 9.17) is 4.74 Å². The lowest BCUT2D eigenvalue weighted by atomic mass is 9.99. The van der Waals surface area contributed by atoms with Gasteiger partial charge >= 0.3 is 0 Å². The molecular formula is C17H15Br2NO2. The second-order valence-corrected chi connectivity index (χ2v) is 7.23. The minimum atomic E-state index is -0.469. The molecule has 22 heavy (non-hydrogen) atoms. The van der Waals surface area contributed by atoms with Gasteiger partial charge in [0.05, 0.1) is 5.70 Å². The first-order valence-corrected chi connectivity index (χ1v) is 8.81. The number of ether oxygens (including phenoxy) is 1. The van der Waals surface area contributed by atoms with E-state index in [0.29, 0.717) is 5.33 Å². The van der Waals surface area contributed by atoms with Gasteiger partial charge in [-0.05, 0) is 49.8 Å². The molecule has 1 aliphatic heterocycles. The Bertz CT molecular complexity index is 822. The maximum atomic E-state index is 12.5. The van der Waals surface area contributed by atoms with Crippen LogP contribution in [0.5, 0.6) is 5.75 Å². The lowest BCUT2D eigenvalue weighted by Gasteiger charge is -2.31. The van der Waals surface area contributed by atoms with Gasteiger partial charge in [0, 0.05) is 27.6 Å². The molecule has 0 atom stereocenters. The van der Waals surface area contributed by atoms with Crippen LogP contribution in [-0.4, -0.2) is 10.2 Å². The van der Waals surface area contributed by atoms with Crippen LogP contribution in [0.15, 0.2) is 51.9 Å². The average Bonchev–Trinajstić information content (AvgIpc) is 2.46. The highest BCUT2D eigenvalue weighted by Gasteiger charge is 2.27. The zero-order chi connectivity index (χ0) is 15.9. The van der Waals surface area contributed by atoms with E-state index in [1.54, 1.807) is 10.6 Å². The summed E-state index contributed by atoms with van der Waals surface area (Å²) < 4.78 is 8.61. The van der Waals surface area contributed by atoms with E-state index in [0.717, 1.165) is 27.0 Å². The van der Waals surface area contributed by atoms with Crippen LogP contribution in [0.1, 0.15) is 25.0 Å². The highest BCUT2D eigenvalue weighted by Crippen LogP contribution is 2.37. The quantitative estimate of drug-likeness (QED) is 0.661. The smallest absolute Gasteiger partial charge is 0.255 e. The van der Waals surface area contributed by atoms with Crippen molar-refractivity contribution in [3.05, 3.63) is 68.6 Å². The molecule has 0 radical (unpaired) electrons. The van der Waals surface area contributed by atoms with E-state index >= 15 is 0 Å². The molecule has 1 aliphatic rings. The minimum Gasteiger partial charge on any atom is -0.483 e. The van der Waals surface area contributed by atoms with Gasteiger partial charge in [-0.2, -0.15) is 0 Å². The number of nitrogens with zero attached hydrogens (tertiary/aromatic N) is 1. The van der Waals surface area contributed by atoms with E-state index in [2.05, 4.69) is 31.9 Å². The van der Waals surface area contributed by atoms with Gasteiger partial charge in [-0.25, -0.2) is 0 Å². The van der Waals surface area contributed by atoms with Crippen LogP contribution in [0, 0.1) is 0 Å². The lowest BCUT2D eigenvalue weighted by Crippen LogP contribution is -2.32. The van der Waals surface area contributed by atoms with Crippen LogP contribution < -0.4 is 10.3 Å². The van der Waals surface area contributed by atoms with Gasteiger partial charge in [0.1, 0.15) is 11.4 Å². The molecule has 0 bridgehead atoms. The van der Waals surface area contributed by atoms with E-state index < -0.39 is 5.60 Å². The largest absolute Gasteiger partial charge is 0.483 e. The van der Waals surface area contributed by atoms with E-state index in [1.165, 1.54) is 0 Å². The maximum absolute atomic E-state index is 12.5. The molecule has 3 nitrogen and oxygen atoms in total. The normalized spacial score (nSPS) is 15.7. The Kier molecular flexibility index (Phi) is 4.03. The van der Waals surface area contributed by atoms with Gasteiger partial charge in [0.2, 0.25) is 0 Å². The van der Waals surface area contributed by atoms with Gasteiger partial charge in [0.25, 0.3) is 5.56 Å². The fraction of sp³-hybridized carbons (Fsp3) is 0.235. The fourth-order valence-electron chi connectivity index (χ4n) is 2.51. The number of hydrogen-bond donors (Lipinski definition) is 0.